The zero-order valence-electron chi connectivity index (χ0n) is 42.5. The van der Waals surface area contributed by atoms with Crippen LogP contribution in [0, 0.1) is 0 Å². The van der Waals surface area contributed by atoms with E-state index >= 15 is 0 Å². The van der Waals surface area contributed by atoms with Crippen LogP contribution in [0.4, 0.5) is 34.1 Å². The number of rotatable bonds is 10. The van der Waals surface area contributed by atoms with Crippen molar-refractivity contribution < 1.29 is 0 Å². The van der Waals surface area contributed by atoms with Crippen molar-refractivity contribution in [2.24, 2.45) is 0 Å². The van der Waals surface area contributed by atoms with E-state index in [1.807, 2.05) is 11.3 Å². The Morgan fingerprint density at radius 1 is 0.269 bits per heavy atom. The first-order valence-electron chi connectivity index (χ1n) is 26.7. The van der Waals surface area contributed by atoms with Gasteiger partial charge in [0.05, 0.1) is 32.8 Å². The van der Waals surface area contributed by atoms with Crippen LogP contribution in [0.25, 0.3) is 103 Å². The first-order chi connectivity index (χ1) is 38.7. The summed E-state index contributed by atoms with van der Waals surface area (Å²) in [5.41, 5.74) is 17.1. The second-order valence-corrected chi connectivity index (χ2v) is 21.0. The average molecular weight is 1010 g/mol. The molecule has 0 fully saturated rings. The summed E-state index contributed by atoms with van der Waals surface area (Å²) < 4.78 is 5.09. The average Bonchev–Trinajstić information content (AvgIpc) is 4.28. The van der Waals surface area contributed by atoms with Crippen molar-refractivity contribution in [3.8, 4) is 39.1 Å². The number of fused-ring (bicyclic) bond motifs is 9. The molecule has 0 N–H and O–H groups in total. The molecular formula is C74H49N3S. The van der Waals surface area contributed by atoms with Crippen LogP contribution < -0.4 is 9.80 Å². The van der Waals surface area contributed by atoms with Crippen LogP contribution in [-0.2, 0) is 0 Å². The Bertz CT molecular complexity index is 4610. The normalized spacial score (nSPS) is 11.6. The van der Waals surface area contributed by atoms with Gasteiger partial charge < -0.3 is 14.4 Å². The molecule has 4 heteroatoms. The highest BCUT2D eigenvalue weighted by Gasteiger charge is 2.25. The van der Waals surface area contributed by atoms with E-state index in [0.717, 1.165) is 56.5 Å². The highest BCUT2D eigenvalue weighted by molar-refractivity contribution is 7.26. The van der Waals surface area contributed by atoms with Gasteiger partial charge in [0, 0.05) is 65.3 Å². The predicted octanol–water partition coefficient (Wildman–Crippen LogP) is 21.4. The zero-order valence-corrected chi connectivity index (χ0v) is 43.4. The lowest BCUT2D eigenvalue weighted by Crippen LogP contribution is -2.13. The zero-order chi connectivity index (χ0) is 51.5. The number of thiophene rings is 1. The van der Waals surface area contributed by atoms with Crippen molar-refractivity contribution in [1.29, 1.82) is 0 Å². The fourth-order valence-corrected chi connectivity index (χ4v) is 13.3. The number of para-hydroxylation sites is 3. The molecule has 0 aliphatic carbocycles. The molecule has 13 aromatic carbocycles. The van der Waals surface area contributed by atoms with Crippen LogP contribution in [0.1, 0.15) is 0 Å². The lowest BCUT2D eigenvalue weighted by molar-refractivity contribution is 1.18. The van der Waals surface area contributed by atoms with Crippen molar-refractivity contribution in [3.05, 3.63) is 297 Å². The van der Waals surface area contributed by atoms with Gasteiger partial charge in [0.15, 0.2) is 0 Å². The van der Waals surface area contributed by atoms with E-state index in [0.29, 0.717) is 0 Å². The van der Waals surface area contributed by atoms with Gasteiger partial charge in [-0.15, -0.1) is 11.3 Å². The largest absolute Gasteiger partial charge is 0.310 e. The molecule has 0 radical (unpaired) electrons. The van der Waals surface area contributed by atoms with E-state index in [1.165, 1.54) is 80.3 Å². The Morgan fingerprint density at radius 3 is 1.44 bits per heavy atom. The second-order valence-electron chi connectivity index (χ2n) is 20.0. The van der Waals surface area contributed by atoms with Gasteiger partial charge in [0.2, 0.25) is 0 Å². The minimum absolute atomic E-state index is 1.06. The van der Waals surface area contributed by atoms with Crippen LogP contribution in [0.2, 0.25) is 0 Å². The third-order valence-electron chi connectivity index (χ3n) is 15.6. The molecular weight excluding hydrogens is 963 g/mol. The predicted molar refractivity (Wildman–Crippen MR) is 334 cm³/mol. The van der Waals surface area contributed by atoms with Gasteiger partial charge in [0.1, 0.15) is 0 Å². The van der Waals surface area contributed by atoms with Gasteiger partial charge in [-0.2, -0.15) is 0 Å². The lowest BCUT2D eigenvalue weighted by atomic mass is 9.93. The van der Waals surface area contributed by atoms with Crippen LogP contribution in [0.15, 0.2) is 297 Å². The van der Waals surface area contributed by atoms with Gasteiger partial charge >= 0.3 is 0 Å². The minimum atomic E-state index is 1.06. The molecule has 0 aliphatic rings. The number of benzene rings is 13. The van der Waals surface area contributed by atoms with Crippen molar-refractivity contribution in [3.63, 3.8) is 0 Å². The highest BCUT2D eigenvalue weighted by atomic mass is 32.1. The van der Waals surface area contributed by atoms with E-state index < -0.39 is 0 Å². The van der Waals surface area contributed by atoms with Gasteiger partial charge in [-0.25, -0.2) is 0 Å². The number of aromatic nitrogens is 1. The van der Waals surface area contributed by atoms with Crippen molar-refractivity contribution in [2.75, 3.05) is 9.80 Å². The molecule has 0 bridgehead atoms. The number of hydrogen-bond acceptors (Lipinski definition) is 3. The fourth-order valence-electron chi connectivity index (χ4n) is 12.1. The first-order valence-corrected chi connectivity index (χ1v) is 27.5. The highest BCUT2D eigenvalue weighted by Crippen LogP contribution is 2.50. The summed E-state index contributed by atoms with van der Waals surface area (Å²) in [7, 11) is 0. The fraction of sp³-hybridized carbons (Fsp3) is 0. The summed E-state index contributed by atoms with van der Waals surface area (Å²) in [5.74, 6) is 0. The third kappa shape index (κ3) is 7.56. The Labute approximate surface area is 457 Å². The summed E-state index contributed by atoms with van der Waals surface area (Å²) in [6.07, 6.45) is 0. The molecule has 15 aromatic rings. The molecule has 2 aromatic heterocycles. The van der Waals surface area contributed by atoms with Crippen LogP contribution in [0.3, 0.4) is 0 Å². The summed E-state index contributed by atoms with van der Waals surface area (Å²) in [6, 6.07) is 109. The molecule has 3 nitrogen and oxygen atoms in total. The molecule has 366 valence electrons. The van der Waals surface area contributed by atoms with E-state index in [-0.39, 0.29) is 0 Å². The van der Waals surface area contributed by atoms with Crippen LogP contribution in [-0.4, -0.2) is 4.57 Å². The molecule has 0 aliphatic heterocycles. The second kappa shape index (κ2) is 19.0. The first kappa shape index (κ1) is 45.4. The Morgan fingerprint density at radius 2 is 0.769 bits per heavy atom. The Hall–Kier alpha value is -10.0. The third-order valence-corrected chi connectivity index (χ3v) is 16.8. The quantitative estimate of drug-likeness (QED) is 0.135. The minimum Gasteiger partial charge on any atom is -0.310 e. The number of hydrogen-bond donors (Lipinski definition) is 0. The van der Waals surface area contributed by atoms with E-state index in [9.17, 15) is 0 Å². The molecule has 0 amide bonds. The van der Waals surface area contributed by atoms with Crippen molar-refractivity contribution >= 4 is 109 Å². The molecule has 0 unspecified atom stereocenters. The van der Waals surface area contributed by atoms with Gasteiger partial charge in [0.25, 0.3) is 0 Å². The smallest absolute Gasteiger partial charge is 0.0719 e. The van der Waals surface area contributed by atoms with Crippen LogP contribution in [0.5, 0.6) is 0 Å². The topological polar surface area (TPSA) is 11.4 Å². The van der Waals surface area contributed by atoms with E-state index in [2.05, 4.69) is 312 Å². The maximum absolute atomic E-state index is 2.51. The summed E-state index contributed by atoms with van der Waals surface area (Å²) in [4.78, 5) is 4.92. The molecule has 0 saturated carbocycles. The molecule has 78 heavy (non-hydrogen) atoms. The maximum atomic E-state index is 2.51. The van der Waals surface area contributed by atoms with Crippen molar-refractivity contribution in [2.45, 2.75) is 0 Å². The Balaban J connectivity index is 0.936. The molecule has 2 heterocycles. The number of anilines is 6. The lowest BCUT2D eigenvalue weighted by Gasteiger charge is -2.31. The standard InChI is InChI=1S/C74H49N3S/c1-5-22-50(23-6-1)57-44-46-69(62-35-15-13-33-60(57)62)77(70-47-45-58(51-24-7-2-8-25-51)61-34-14-16-36-63(61)70)68-38-19-17-32-59(68)52-26-21-31-55(48-52)75(53-27-9-3-10-28-53)56-40-41-64-66-42-43-67-65-37-18-20-39-72(65)78-74(67)73(66)76(71(64)49-56)54-29-11-4-12-30-54/h1-49H. The van der Waals surface area contributed by atoms with Gasteiger partial charge in [-0.05, 0) is 111 Å². The maximum Gasteiger partial charge on any atom is 0.0719 e. The summed E-state index contributed by atoms with van der Waals surface area (Å²) >= 11 is 1.88. The van der Waals surface area contributed by atoms with E-state index in [1.54, 1.807) is 0 Å². The molecule has 0 saturated heterocycles. The monoisotopic (exact) mass is 1010 g/mol. The summed E-state index contributed by atoms with van der Waals surface area (Å²) in [6.45, 7) is 0. The van der Waals surface area contributed by atoms with Crippen LogP contribution >= 0.6 is 11.3 Å². The molecule has 15 rings (SSSR count). The summed E-state index contributed by atoms with van der Waals surface area (Å²) in [5, 5.41) is 9.81. The number of nitrogens with zero attached hydrogens (tertiary/aromatic N) is 3. The van der Waals surface area contributed by atoms with Gasteiger partial charge in [-0.1, -0.05) is 224 Å². The Kier molecular flexibility index (Phi) is 11.0. The van der Waals surface area contributed by atoms with E-state index in [4.69, 9.17) is 0 Å². The van der Waals surface area contributed by atoms with Crippen molar-refractivity contribution in [1.82, 2.24) is 4.57 Å². The SMILES string of the molecule is c1ccc(-c2ccc(N(c3ccccc3-c3cccc(N(c4ccccc4)c4ccc5c6ccc7c8ccccc8sc7c6n(-c6ccccc6)c5c4)c3)c3ccc(-c4ccccc4)c4ccccc34)c3ccccc23)cc1. The molecule has 0 atom stereocenters. The van der Waals surface area contributed by atoms with Gasteiger partial charge in [-0.3, -0.25) is 0 Å². The molecule has 0 spiro atoms.